The van der Waals surface area contributed by atoms with Crippen molar-refractivity contribution in [1.29, 1.82) is 0 Å². The predicted octanol–water partition coefficient (Wildman–Crippen LogP) is 4.35. The molecule has 2 rings (SSSR count). The topological polar surface area (TPSA) is 18.5 Å². The molecule has 0 bridgehead atoms. The smallest absolute Gasteiger partial charge is 0.169 e. The van der Waals surface area contributed by atoms with Crippen molar-refractivity contribution in [2.24, 2.45) is 0 Å². The van der Waals surface area contributed by atoms with Crippen LogP contribution < -0.4 is 8.37 Å². The molecule has 0 saturated heterocycles. The minimum Gasteiger partial charge on any atom is -0.411 e. The number of rotatable bonds is 5. The Balaban J connectivity index is 0.00000144. The van der Waals surface area contributed by atoms with Gasteiger partial charge in [-0.2, -0.15) is 0 Å². The van der Waals surface area contributed by atoms with Crippen molar-refractivity contribution < 1.29 is 26.9 Å². The van der Waals surface area contributed by atoms with Crippen LogP contribution in [0.4, 0.5) is 0 Å². The fourth-order valence-corrected chi connectivity index (χ4v) is 2.13. The molecule has 0 unspecified atom stereocenters. The van der Waals surface area contributed by atoms with Crippen molar-refractivity contribution in [1.82, 2.24) is 0 Å². The van der Waals surface area contributed by atoms with Crippen LogP contribution in [0.25, 0.3) is 0 Å². The van der Waals surface area contributed by atoms with Gasteiger partial charge in [0, 0.05) is 18.6 Å². The van der Waals surface area contributed by atoms with Crippen molar-refractivity contribution in [3.8, 4) is 11.5 Å². The van der Waals surface area contributed by atoms with E-state index < -0.39 is 0 Å². The molecule has 0 aliphatic carbocycles. The summed E-state index contributed by atoms with van der Waals surface area (Å²) in [7, 11) is 0. The second kappa shape index (κ2) is 8.42. The van der Waals surface area contributed by atoms with Crippen LogP contribution >= 0.6 is 22.1 Å². The standard InChI is InChI=1S/C12H10O2S2.V/c1-3-7-11(8-4-1)13-15-16-14-12-9-5-2-6-10-12;/h1-10H;. The van der Waals surface area contributed by atoms with Gasteiger partial charge in [-0.15, -0.1) is 0 Å². The SMILES string of the molecule is [V].c1ccc(OSSOc2ccccc2)cc1. The van der Waals surface area contributed by atoms with Gasteiger partial charge in [0.15, 0.2) is 22.1 Å². The maximum Gasteiger partial charge on any atom is 0.169 e. The number of para-hydroxylation sites is 2. The Morgan fingerprint density at radius 1 is 0.588 bits per heavy atom. The van der Waals surface area contributed by atoms with Gasteiger partial charge < -0.3 is 8.37 Å². The van der Waals surface area contributed by atoms with E-state index in [2.05, 4.69) is 0 Å². The molecule has 2 nitrogen and oxygen atoms in total. The van der Waals surface area contributed by atoms with Crippen molar-refractivity contribution >= 4 is 22.1 Å². The van der Waals surface area contributed by atoms with Gasteiger partial charge in [0.2, 0.25) is 0 Å². The number of hydrogen-bond donors (Lipinski definition) is 0. The minimum absolute atomic E-state index is 0. The molecule has 0 aliphatic rings. The molecule has 0 saturated carbocycles. The molecule has 0 aromatic heterocycles. The largest absolute Gasteiger partial charge is 0.411 e. The second-order valence-electron chi connectivity index (χ2n) is 2.93. The molecule has 2 aromatic rings. The van der Waals surface area contributed by atoms with Crippen LogP contribution in [0.5, 0.6) is 11.5 Å². The molecule has 2 aromatic carbocycles. The Bertz CT molecular complexity index is 370. The quantitative estimate of drug-likeness (QED) is 0.464. The van der Waals surface area contributed by atoms with E-state index in [9.17, 15) is 0 Å². The summed E-state index contributed by atoms with van der Waals surface area (Å²) in [6.45, 7) is 0. The molecule has 0 N–H and O–H groups in total. The molecular formula is C12H10O2S2V. The van der Waals surface area contributed by atoms with E-state index in [1.807, 2.05) is 60.7 Å². The average molecular weight is 301 g/mol. The normalized spacial score (nSPS) is 9.18. The van der Waals surface area contributed by atoms with Gasteiger partial charge in [0.05, 0.1) is 0 Å². The van der Waals surface area contributed by atoms with E-state index in [0.29, 0.717) is 0 Å². The Hall–Kier alpha value is -0.676. The van der Waals surface area contributed by atoms with Gasteiger partial charge in [-0.1, -0.05) is 36.4 Å². The van der Waals surface area contributed by atoms with E-state index in [4.69, 9.17) is 8.37 Å². The first-order chi connectivity index (χ1) is 7.95. The van der Waals surface area contributed by atoms with Crippen LogP contribution in [0.15, 0.2) is 60.7 Å². The maximum absolute atomic E-state index is 5.38. The summed E-state index contributed by atoms with van der Waals surface area (Å²) in [6.07, 6.45) is 0. The Kier molecular flexibility index (Phi) is 7.13. The summed E-state index contributed by atoms with van der Waals surface area (Å²) in [4.78, 5) is 0. The van der Waals surface area contributed by atoms with E-state index in [1.54, 1.807) is 0 Å². The zero-order chi connectivity index (χ0) is 11.1. The van der Waals surface area contributed by atoms with Crippen LogP contribution in [0.3, 0.4) is 0 Å². The molecular weight excluding hydrogens is 291 g/mol. The Labute approximate surface area is 121 Å². The van der Waals surface area contributed by atoms with Crippen LogP contribution in [0.2, 0.25) is 0 Å². The van der Waals surface area contributed by atoms with Gasteiger partial charge in [0.1, 0.15) is 11.5 Å². The number of benzene rings is 2. The zero-order valence-corrected chi connectivity index (χ0v) is 11.9. The summed E-state index contributed by atoms with van der Waals surface area (Å²) in [6, 6.07) is 19.2. The van der Waals surface area contributed by atoms with Crippen LogP contribution in [0, 0.1) is 0 Å². The molecule has 17 heavy (non-hydrogen) atoms. The van der Waals surface area contributed by atoms with Crippen molar-refractivity contribution in [3.63, 3.8) is 0 Å². The third-order valence-corrected chi connectivity index (χ3v) is 2.93. The van der Waals surface area contributed by atoms with Gasteiger partial charge in [0.25, 0.3) is 0 Å². The van der Waals surface area contributed by atoms with Gasteiger partial charge in [-0.25, -0.2) is 0 Å². The van der Waals surface area contributed by atoms with Gasteiger partial charge in [-0.3, -0.25) is 0 Å². The monoisotopic (exact) mass is 301 g/mol. The van der Waals surface area contributed by atoms with E-state index >= 15 is 0 Å². The average Bonchev–Trinajstić information content (AvgIpc) is 2.37. The maximum atomic E-state index is 5.38. The molecule has 0 spiro atoms. The fourth-order valence-electron chi connectivity index (χ4n) is 1.06. The zero-order valence-electron chi connectivity index (χ0n) is 8.85. The summed E-state index contributed by atoms with van der Waals surface area (Å²) < 4.78 is 10.8. The molecule has 87 valence electrons. The van der Waals surface area contributed by atoms with E-state index in [1.165, 1.54) is 22.1 Å². The molecule has 0 amide bonds. The summed E-state index contributed by atoms with van der Waals surface area (Å²) >= 11 is 2.39. The van der Waals surface area contributed by atoms with Crippen molar-refractivity contribution in [2.75, 3.05) is 0 Å². The van der Waals surface area contributed by atoms with Gasteiger partial charge >= 0.3 is 0 Å². The molecule has 0 atom stereocenters. The Morgan fingerprint density at radius 3 is 1.29 bits per heavy atom. The second-order valence-corrected chi connectivity index (χ2v) is 4.35. The first-order valence-corrected chi connectivity index (χ1v) is 6.73. The molecule has 0 heterocycles. The summed E-state index contributed by atoms with van der Waals surface area (Å²) in [5.74, 6) is 1.63. The van der Waals surface area contributed by atoms with Crippen molar-refractivity contribution in [2.45, 2.75) is 0 Å². The molecule has 5 heteroatoms. The first kappa shape index (κ1) is 14.4. The van der Waals surface area contributed by atoms with Crippen LogP contribution in [0.1, 0.15) is 0 Å². The van der Waals surface area contributed by atoms with E-state index in [0.717, 1.165) is 11.5 Å². The van der Waals surface area contributed by atoms with Crippen LogP contribution in [-0.2, 0) is 18.6 Å². The Morgan fingerprint density at radius 2 is 0.941 bits per heavy atom. The minimum atomic E-state index is 0. The molecule has 1 radical (unpaired) electrons. The van der Waals surface area contributed by atoms with Gasteiger partial charge in [-0.05, 0) is 24.3 Å². The third kappa shape index (κ3) is 5.46. The number of hydrogen-bond acceptors (Lipinski definition) is 4. The molecule has 0 aliphatic heterocycles. The summed E-state index contributed by atoms with van der Waals surface area (Å²) in [5, 5.41) is 0. The molecule has 0 fully saturated rings. The third-order valence-electron chi connectivity index (χ3n) is 1.77. The van der Waals surface area contributed by atoms with E-state index in [-0.39, 0.29) is 18.6 Å². The van der Waals surface area contributed by atoms with Crippen molar-refractivity contribution in [3.05, 3.63) is 60.7 Å². The van der Waals surface area contributed by atoms with Crippen LogP contribution in [-0.4, -0.2) is 0 Å². The first-order valence-electron chi connectivity index (χ1n) is 4.73. The predicted molar refractivity (Wildman–Crippen MR) is 69.3 cm³/mol. The summed E-state index contributed by atoms with van der Waals surface area (Å²) in [5.41, 5.74) is 0. The fraction of sp³-hybridized carbons (Fsp3) is 0.